The number of nitrogens with zero attached hydrogens (tertiary/aromatic N) is 1. The third kappa shape index (κ3) is 4.82. The smallest absolute Gasteiger partial charge is 0.223 e. The minimum absolute atomic E-state index is 0. The standard InChI is InChI=1S/C15H17BrNO2S.Y/c1-3-17-14(5-4-6-15(17)18)12-8-7-11(9-13(12)16)19-10-20-2;/h7-9H,3-4,6,10H2,1-2H3;/q-1;. The fourth-order valence-corrected chi connectivity index (χ4v) is 2.92. The average molecular weight is 444 g/mol. The molecule has 6 heteroatoms. The van der Waals surface area contributed by atoms with E-state index in [9.17, 15) is 4.79 Å². The van der Waals surface area contributed by atoms with Crippen LogP contribution in [0.25, 0.3) is 5.70 Å². The van der Waals surface area contributed by atoms with Crippen LogP contribution in [0.3, 0.4) is 0 Å². The van der Waals surface area contributed by atoms with Gasteiger partial charge in [-0.2, -0.15) is 0 Å². The second-order valence-corrected chi connectivity index (χ2v) is 6.02. The zero-order chi connectivity index (χ0) is 14.5. The summed E-state index contributed by atoms with van der Waals surface area (Å²) in [4.78, 5) is 13.7. The third-order valence-electron chi connectivity index (χ3n) is 3.06. The summed E-state index contributed by atoms with van der Waals surface area (Å²) in [5.41, 5.74) is 1.85. The summed E-state index contributed by atoms with van der Waals surface area (Å²) in [6.07, 6.45) is 6.54. The van der Waals surface area contributed by atoms with Crippen molar-refractivity contribution < 1.29 is 42.2 Å². The molecule has 0 saturated carbocycles. The summed E-state index contributed by atoms with van der Waals surface area (Å²) in [6, 6.07) is 5.84. The molecule has 0 saturated heterocycles. The van der Waals surface area contributed by atoms with Crippen molar-refractivity contribution in [2.24, 2.45) is 0 Å². The van der Waals surface area contributed by atoms with Crippen LogP contribution in [-0.4, -0.2) is 29.5 Å². The van der Waals surface area contributed by atoms with E-state index in [0.717, 1.165) is 21.5 Å². The molecule has 1 radical (unpaired) electrons. The number of hydrogen-bond acceptors (Lipinski definition) is 3. The van der Waals surface area contributed by atoms with Crippen molar-refractivity contribution in [3.05, 3.63) is 34.3 Å². The van der Waals surface area contributed by atoms with Crippen LogP contribution in [0.2, 0.25) is 0 Å². The van der Waals surface area contributed by atoms with Gasteiger partial charge in [0.2, 0.25) is 5.91 Å². The van der Waals surface area contributed by atoms with Crippen LogP contribution in [0.1, 0.15) is 25.3 Å². The predicted octanol–water partition coefficient (Wildman–Crippen LogP) is 3.93. The number of hydrogen-bond donors (Lipinski definition) is 0. The van der Waals surface area contributed by atoms with E-state index in [1.807, 2.05) is 31.4 Å². The van der Waals surface area contributed by atoms with E-state index in [1.165, 1.54) is 0 Å². The Labute approximate surface area is 163 Å². The molecule has 0 unspecified atom stereocenters. The van der Waals surface area contributed by atoms with Crippen LogP contribution < -0.4 is 4.74 Å². The third-order valence-corrected chi connectivity index (χ3v) is 4.07. The van der Waals surface area contributed by atoms with Gasteiger partial charge >= 0.3 is 0 Å². The van der Waals surface area contributed by atoms with E-state index in [2.05, 4.69) is 22.0 Å². The molecule has 111 valence electrons. The van der Waals surface area contributed by atoms with Gasteiger partial charge in [-0.1, -0.05) is 20.4 Å². The predicted molar refractivity (Wildman–Crippen MR) is 86.4 cm³/mol. The number of ether oxygens (including phenoxy) is 1. The first-order valence-electron chi connectivity index (χ1n) is 6.50. The molecule has 0 spiro atoms. The largest absolute Gasteiger partial charge is 0.483 e. The van der Waals surface area contributed by atoms with E-state index < -0.39 is 0 Å². The SMILES string of the molecule is CCN1C(=O)CC[C-]=C1c1ccc(OCSC)cc1Br.[Y]. The Kier molecular flexibility index (Phi) is 8.54. The fourth-order valence-electron chi connectivity index (χ4n) is 2.12. The number of allylic oxidation sites excluding steroid dienone is 1. The maximum absolute atomic E-state index is 12.0. The minimum atomic E-state index is 0. The molecule has 1 aliphatic rings. The number of carbonyl (C=O) groups excluding carboxylic acids is 1. The summed E-state index contributed by atoms with van der Waals surface area (Å²) >= 11 is 5.20. The van der Waals surface area contributed by atoms with Crippen molar-refractivity contribution in [1.82, 2.24) is 4.90 Å². The van der Waals surface area contributed by atoms with Crippen LogP contribution in [-0.2, 0) is 37.5 Å². The molecule has 0 aromatic heterocycles. The molecule has 3 nitrogen and oxygen atoms in total. The van der Waals surface area contributed by atoms with Crippen LogP contribution in [0.15, 0.2) is 22.7 Å². The van der Waals surface area contributed by atoms with Gasteiger partial charge < -0.3 is 9.64 Å². The number of carbonyl (C=O) groups is 1. The van der Waals surface area contributed by atoms with Gasteiger partial charge in [0.05, 0.1) is 0 Å². The Morgan fingerprint density at radius 1 is 1.48 bits per heavy atom. The van der Waals surface area contributed by atoms with E-state index >= 15 is 0 Å². The number of thioether (sulfide) groups is 1. The van der Waals surface area contributed by atoms with Crippen molar-refractivity contribution in [3.63, 3.8) is 0 Å². The molecule has 1 aliphatic heterocycles. The maximum Gasteiger partial charge on any atom is 0.223 e. The normalized spacial score (nSPS) is 14.5. The topological polar surface area (TPSA) is 29.5 Å². The Hall–Kier alpha value is 0.164. The zero-order valence-corrected chi connectivity index (χ0v) is 17.4. The zero-order valence-electron chi connectivity index (χ0n) is 12.2. The van der Waals surface area contributed by atoms with E-state index in [1.54, 1.807) is 16.7 Å². The Morgan fingerprint density at radius 2 is 2.24 bits per heavy atom. The van der Waals surface area contributed by atoms with E-state index in [-0.39, 0.29) is 38.6 Å². The van der Waals surface area contributed by atoms with Crippen molar-refractivity contribution >= 4 is 39.3 Å². The molecule has 1 heterocycles. The number of amides is 1. The quantitative estimate of drug-likeness (QED) is 0.510. The van der Waals surface area contributed by atoms with Crippen molar-refractivity contribution in [2.45, 2.75) is 19.8 Å². The molecule has 0 aliphatic carbocycles. The van der Waals surface area contributed by atoms with Gasteiger partial charge in [0, 0.05) is 45.7 Å². The van der Waals surface area contributed by atoms with Gasteiger partial charge in [-0.05, 0) is 25.3 Å². The minimum Gasteiger partial charge on any atom is -0.483 e. The first-order chi connectivity index (χ1) is 9.67. The Morgan fingerprint density at radius 3 is 2.86 bits per heavy atom. The summed E-state index contributed by atoms with van der Waals surface area (Å²) in [5.74, 6) is 1.61. The van der Waals surface area contributed by atoms with Crippen molar-refractivity contribution in [1.29, 1.82) is 0 Å². The molecule has 1 amide bonds. The van der Waals surface area contributed by atoms with Crippen LogP contribution in [0.5, 0.6) is 5.75 Å². The van der Waals surface area contributed by atoms with Crippen LogP contribution >= 0.6 is 27.7 Å². The second kappa shape index (κ2) is 9.34. The van der Waals surface area contributed by atoms with Gasteiger partial charge in [0.1, 0.15) is 11.7 Å². The first-order valence-corrected chi connectivity index (χ1v) is 8.69. The van der Waals surface area contributed by atoms with Crippen LogP contribution in [0.4, 0.5) is 0 Å². The van der Waals surface area contributed by atoms with Gasteiger partial charge in [0.25, 0.3) is 0 Å². The first kappa shape index (κ1) is 19.2. The molecule has 0 fully saturated rings. The molecule has 2 rings (SSSR count). The van der Waals surface area contributed by atoms with Gasteiger partial charge in [0.15, 0.2) is 0 Å². The molecule has 1 aromatic rings. The summed E-state index contributed by atoms with van der Waals surface area (Å²) in [6.45, 7) is 2.65. The number of benzene rings is 1. The second-order valence-electron chi connectivity index (χ2n) is 4.36. The monoisotopic (exact) mass is 443 g/mol. The molecule has 21 heavy (non-hydrogen) atoms. The van der Waals surface area contributed by atoms with Crippen LogP contribution in [0, 0.1) is 6.08 Å². The van der Waals surface area contributed by atoms with Crippen molar-refractivity contribution in [3.8, 4) is 5.75 Å². The van der Waals surface area contributed by atoms with Gasteiger partial charge in [-0.3, -0.25) is 4.79 Å². The van der Waals surface area contributed by atoms with Gasteiger partial charge in [-0.15, -0.1) is 35.5 Å². The summed E-state index contributed by atoms with van der Waals surface area (Å²) in [5, 5.41) is 0. The molecular weight excluding hydrogens is 427 g/mol. The number of rotatable bonds is 5. The summed E-state index contributed by atoms with van der Waals surface area (Å²) in [7, 11) is 0. The maximum atomic E-state index is 12.0. The Balaban J connectivity index is 0.00000220. The Bertz CT molecular complexity index is 536. The average Bonchev–Trinajstić information content (AvgIpc) is 2.45. The molecule has 0 atom stereocenters. The fraction of sp³-hybridized carbons (Fsp3) is 0.400. The van der Waals surface area contributed by atoms with E-state index in [0.29, 0.717) is 25.3 Å². The molecule has 1 aromatic carbocycles. The van der Waals surface area contributed by atoms with E-state index in [4.69, 9.17) is 4.74 Å². The van der Waals surface area contributed by atoms with Crippen molar-refractivity contribution in [2.75, 3.05) is 18.7 Å². The number of halogens is 1. The summed E-state index contributed by atoms with van der Waals surface area (Å²) < 4.78 is 6.50. The molecular formula is C15H17BrNO2SY-. The molecule has 0 N–H and O–H groups in total. The van der Waals surface area contributed by atoms with Gasteiger partial charge in [-0.25, -0.2) is 6.08 Å². The molecule has 0 bridgehead atoms.